The Morgan fingerprint density at radius 1 is 1.32 bits per heavy atom. The minimum atomic E-state index is -0.356. The Balaban J connectivity index is 1.84. The average Bonchev–Trinajstić information content (AvgIpc) is 3.41. The molecule has 0 unspecified atom stereocenters. The predicted octanol–water partition coefficient (Wildman–Crippen LogP) is 4.40. The van der Waals surface area contributed by atoms with Crippen molar-refractivity contribution in [2.75, 3.05) is 0 Å². The number of hydrogen-bond acceptors (Lipinski definition) is 4. The van der Waals surface area contributed by atoms with Gasteiger partial charge in [-0.05, 0) is 45.6 Å². The third-order valence-corrected chi connectivity index (χ3v) is 6.11. The second kappa shape index (κ2) is 4.81. The summed E-state index contributed by atoms with van der Waals surface area (Å²) in [5.41, 5.74) is 0.296. The summed E-state index contributed by atoms with van der Waals surface area (Å²) < 4.78 is 3.01. The molecule has 2 aliphatic carbocycles. The first-order valence-electron chi connectivity index (χ1n) is 7.67. The second-order valence-corrected chi connectivity index (χ2v) is 8.47. The first-order valence-corrected chi connectivity index (χ1v) is 8.87. The average molecular weight is 333 g/mol. The number of hydrogen-bond donors (Lipinski definition) is 0. The molecule has 0 atom stereocenters. The van der Waals surface area contributed by atoms with Crippen LogP contribution in [0.1, 0.15) is 73.6 Å². The zero-order chi connectivity index (χ0) is 15.5. The Morgan fingerprint density at radius 2 is 2.05 bits per heavy atom. The van der Waals surface area contributed by atoms with Gasteiger partial charge in [-0.1, -0.05) is 11.6 Å². The van der Waals surface area contributed by atoms with Crippen molar-refractivity contribution in [2.45, 2.75) is 56.9 Å². The monoisotopic (exact) mass is 332 g/mol. The molecule has 0 aromatic carbocycles. The second-order valence-electron chi connectivity index (χ2n) is 6.79. The van der Waals surface area contributed by atoms with Crippen LogP contribution in [0.4, 0.5) is 0 Å². The summed E-state index contributed by atoms with van der Waals surface area (Å²) in [7, 11) is 0. The third kappa shape index (κ3) is 2.17. The van der Waals surface area contributed by atoms with Crippen molar-refractivity contribution in [3.63, 3.8) is 0 Å². The molecule has 0 saturated heterocycles. The van der Waals surface area contributed by atoms with Crippen molar-refractivity contribution in [2.24, 2.45) is 0 Å². The Hall–Kier alpha value is -1.38. The SMILES string of the molecule is CC(C)(c1sc(Cl)cc1C#N)c1nnc(C2CC2)n1C1CC1. The van der Waals surface area contributed by atoms with Gasteiger partial charge in [0.25, 0.3) is 0 Å². The molecular weight excluding hydrogens is 316 g/mol. The predicted molar refractivity (Wildman–Crippen MR) is 86.4 cm³/mol. The molecular formula is C16H17ClN4S. The van der Waals surface area contributed by atoms with E-state index in [1.54, 1.807) is 6.07 Å². The molecule has 22 heavy (non-hydrogen) atoms. The molecule has 114 valence electrons. The molecule has 4 nitrogen and oxygen atoms in total. The van der Waals surface area contributed by atoms with Crippen LogP contribution in [0.15, 0.2) is 6.07 Å². The van der Waals surface area contributed by atoms with Crippen molar-refractivity contribution in [1.82, 2.24) is 14.8 Å². The van der Waals surface area contributed by atoms with E-state index < -0.39 is 0 Å². The van der Waals surface area contributed by atoms with E-state index in [9.17, 15) is 5.26 Å². The summed E-state index contributed by atoms with van der Waals surface area (Å²) in [6, 6.07) is 4.56. The highest BCUT2D eigenvalue weighted by molar-refractivity contribution is 7.16. The van der Waals surface area contributed by atoms with Gasteiger partial charge in [-0.25, -0.2) is 0 Å². The van der Waals surface area contributed by atoms with Gasteiger partial charge in [-0.2, -0.15) is 5.26 Å². The fourth-order valence-electron chi connectivity index (χ4n) is 3.05. The number of halogens is 1. The van der Waals surface area contributed by atoms with Gasteiger partial charge in [-0.3, -0.25) is 0 Å². The van der Waals surface area contributed by atoms with E-state index in [4.69, 9.17) is 11.6 Å². The molecule has 0 radical (unpaired) electrons. The van der Waals surface area contributed by atoms with E-state index in [0.717, 1.165) is 16.5 Å². The molecule has 0 N–H and O–H groups in total. The van der Waals surface area contributed by atoms with Crippen LogP contribution in [-0.2, 0) is 5.41 Å². The van der Waals surface area contributed by atoms with E-state index >= 15 is 0 Å². The third-order valence-electron chi connectivity index (χ3n) is 4.53. The van der Waals surface area contributed by atoms with Gasteiger partial charge < -0.3 is 4.57 Å². The van der Waals surface area contributed by atoms with Crippen molar-refractivity contribution < 1.29 is 0 Å². The minimum Gasteiger partial charge on any atom is -0.311 e. The highest BCUT2D eigenvalue weighted by Gasteiger charge is 2.41. The normalized spacial score (nSPS) is 18.5. The van der Waals surface area contributed by atoms with E-state index in [1.807, 2.05) is 0 Å². The topological polar surface area (TPSA) is 54.5 Å². The summed E-state index contributed by atoms with van der Waals surface area (Å²) >= 11 is 7.62. The molecule has 2 aliphatic rings. The van der Waals surface area contributed by atoms with Crippen LogP contribution in [0.5, 0.6) is 0 Å². The number of rotatable bonds is 4. The van der Waals surface area contributed by atoms with Crippen LogP contribution in [0, 0.1) is 11.3 Å². The van der Waals surface area contributed by atoms with Gasteiger partial charge in [0, 0.05) is 16.8 Å². The summed E-state index contributed by atoms with van der Waals surface area (Å²) in [6.45, 7) is 4.24. The van der Waals surface area contributed by atoms with Crippen molar-refractivity contribution in [1.29, 1.82) is 5.26 Å². The van der Waals surface area contributed by atoms with Gasteiger partial charge in [-0.15, -0.1) is 21.5 Å². The lowest BCUT2D eigenvalue weighted by Crippen LogP contribution is -2.24. The fourth-order valence-corrected chi connectivity index (χ4v) is 4.33. The summed E-state index contributed by atoms with van der Waals surface area (Å²) in [5, 5.41) is 18.4. The lowest BCUT2D eigenvalue weighted by molar-refractivity contribution is 0.532. The van der Waals surface area contributed by atoms with Crippen molar-refractivity contribution in [3.05, 3.63) is 32.5 Å². The number of thiophene rings is 1. The molecule has 2 aromatic heterocycles. The lowest BCUT2D eigenvalue weighted by atomic mass is 9.88. The van der Waals surface area contributed by atoms with Gasteiger partial charge in [0.05, 0.1) is 15.3 Å². The Kier molecular flexibility index (Phi) is 3.11. The molecule has 0 spiro atoms. The largest absolute Gasteiger partial charge is 0.311 e. The van der Waals surface area contributed by atoms with E-state index in [2.05, 4.69) is 34.7 Å². The van der Waals surface area contributed by atoms with Crippen molar-refractivity contribution >= 4 is 22.9 Å². The van der Waals surface area contributed by atoms with E-state index in [-0.39, 0.29) is 5.41 Å². The fraction of sp³-hybridized carbons (Fsp3) is 0.562. The van der Waals surface area contributed by atoms with Crippen molar-refractivity contribution in [3.8, 4) is 6.07 Å². The standard InChI is InChI=1S/C16H17ClN4S/c1-16(2,13-10(8-18)7-12(17)22-13)15-20-19-14(9-3-4-9)21(15)11-5-6-11/h7,9,11H,3-6H2,1-2H3. The van der Waals surface area contributed by atoms with Crippen LogP contribution in [0.25, 0.3) is 0 Å². The highest BCUT2D eigenvalue weighted by atomic mass is 35.5. The van der Waals surface area contributed by atoms with E-state index in [0.29, 0.717) is 21.9 Å². The van der Waals surface area contributed by atoms with Crippen LogP contribution in [0.2, 0.25) is 4.34 Å². The van der Waals surface area contributed by atoms with Crippen LogP contribution < -0.4 is 0 Å². The lowest BCUT2D eigenvalue weighted by Gasteiger charge is -2.24. The molecule has 0 aliphatic heterocycles. The minimum absolute atomic E-state index is 0.356. The van der Waals surface area contributed by atoms with Gasteiger partial charge in [0.2, 0.25) is 0 Å². The molecule has 0 bridgehead atoms. The number of nitriles is 1. The molecule has 4 rings (SSSR count). The summed E-state index contributed by atoms with van der Waals surface area (Å²) in [4.78, 5) is 0.983. The van der Waals surface area contributed by atoms with Gasteiger partial charge in [0.1, 0.15) is 17.7 Å². The molecule has 2 fully saturated rings. The van der Waals surface area contributed by atoms with Gasteiger partial charge >= 0.3 is 0 Å². The zero-order valence-corrected chi connectivity index (χ0v) is 14.2. The van der Waals surface area contributed by atoms with Gasteiger partial charge in [0.15, 0.2) is 0 Å². The Labute approximate surface area is 138 Å². The smallest absolute Gasteiger partial charge is 0.144 e. The summed E-state index contributed by atoms with van der Waals surface area (Å²) in [5.74, 6) is 2.71. The first-order chi connectivity index (χ1) is 10.5. The maximum absolute atomic E-state index is 9.39. The van der Waals surface area contributed by atoms with E-state index in [1.165, 1.54) is 37.0 Å². The quantitative estimate of drug-likeness (QED) is 0.833. The molecule has 0 amide bonds. The number of nitrogens with zero attached hydrogens (tertiary/aromatic N) is 4. The molecule has 6 heteroatoms. The molecule has 2 saturated carbocycles. The van der Waals surface area contributed by atoms with Crippen LogP contribution in [-0.4, -0.2) is 14.8 Å². The number of aromatic nitrogens is 3. The maximum atomic E-state index is 9.39. The summed E-state index contributed by atoms with van der Waals surface area (Å²) in [6.07, 6.45) is 4.85. The molecule has 2 heterocycles. The maximum Gasteiger partial charge on any atom is 0.144 e. The first kappa shape index (κ1) is 14.2. The van der Waals surface area contributed by atoms with Crippen LogP contribution in [0.3, 0.4) is 0 Å². The Morgan fingerprint density at radius 3 is 2.64 bits per heavy atom. The van der Waals surface area contributed by atoms with Crippen LogP contribution >= 0.6 is 22.9 Å². The highest BCUT2D eigenvalue weighted by Crippen LogP contribution is 2.48. The molecule has 2 aromatic rings. The zero-order valence-electron chi connectivity index (χ0n) is 12.6. The Bertz CT molecular complexity index is 775.